The van der Waals surface area contributed by atoms with Crippen molar-refractivity contribution in [1.29, 1.82) is 0 Å². The first-order chi connectivity index (χ1) is 15.9. The van der Waals surface area contributed by atoms with E-state index in [9.17, 15) is 5.11 Å². The lowest BCUT2D eigenvalue weighted by atomic mass is 10.1. The summed E-state index contributed by atoms with van der Waals surface area (Å²) in [5.74, 6) is 1.43. The Morgan fingerprint density at radius 3 is 2.55 bits per heavy atom. The van der Waals surface area contributed by atoms with E-state index in [-0.39, 0.29) is 6.10 Å². The fourth-order valence-electron chi connectivity index (χ4n) is 4.17. The first-order valence-electron chi connectivity index (χ1n) is 11.5. The van der Waals surface area contributed by atoms with Gasteiger partial charge in [-0.3, -0.25) is 4.90 Å². The van der Waals surface area contributed by atoms with Crippen LogP contribution in [-0.2, 0) is 11.3 Å². The third kappa shape index (κ3) is 5.90. The molecular formula is C27H33N3O3. The monoisotopic (exact) mass is 447 g/mol. The van der Waals surface area contributed by atoms with E-state index in [0.29, 0.717) is 19.0 Å². The molecule has 0 saturated carbocycles. The van der Waals surface area contributed by atoms with E-state index in [4.69, 9.17) is 14.6 Å². The Bertz CT molecular complexity index is 1040. The predicted octanol–water partition coefficient (Wildman–Crippen LogP) is 4.89. The minimum absolute atomic E-state index is 0.161. The minimum Gasteiger partial charge on any atom is -0.439 e. The summed E-state index contributed by atoms with van der Waals surface area (Å²) in [6, 6.07) is 19.7. The highest BCUT2D eigenvalue weighted by Crippen LogP contribution is 2.32. The van der Waals surface area contributed by atoms with E-state index >= 15 is 0 Å². The molecule has 2 aromatic carbocycles. The van der Waals surface area contributed by atoms with Gasteiger partial charge in [0.2, 0.25) is 5.88 Å². The number of hydrogen-bond donors (Lipinski definition) is 1. The van der Waals surface area contributed by atoms with Crippen molar-refractivity contribution in [2.45, 2.75) is 44.9 Å². The Hall–Kier alpha value is -2.93. The van der Waals surface area contributed by atoms with E-state index in [2.05, 4.69) is 11.5 Å². The number of nitrogens with zero attached hydrogens (tertiary/aromatic N) is 3. The summed E-state index contributed by atoms with van der Waals surface area (Å²) in [7, 11) is 0. The van der Waals surface area contributed by atoms with Crippen LogP contribution in [0, 0.1) is 6.92 Å². The predicted molar refractivity (Wildman–Crippen MR) is 130 cm³/mol. The van der Waals surface area contributed by atoms with E-state index < -0.39 is 5.60 Å². The molecule has 1 fully saturated rings. The first kappa shape index (κ1) is 23.2. The van der Waals surface area contributed by atoms with Gasteiger partial charge in [0.05, 0.1) is 28.6 Å². The molecule has 0 radical (unpaired) electrons. The molecule has 0 unspecified atom stereocenters. The van der Waals surface area contributed by atoms with Crippen LogP contribution in [0.15, 0.2) is 73.3 Å². The van der Waals surface area contributed by atoms with Gasteiger partial charge in [-0.25, -0.2) is 4.68 Å². The smallest absolute Gasteiger partial charge is 0.227 e. The van der Waals surface area contributed by atoms with Crippen molar-refractivity contribution >= 4 is 0 Å². The molecule has 0 amide bonds. The van der Waals surface area contributed by atoms with Crippen LogP contribution in [0.2, 0.25) is 0 Å². The number of ether oxygens (including phenoxy) is 2. The number of hydrogen-bond acceptors (Lipinski definition) is 5. The molecule has 1 aliphatic rings. The molecule has 2 atom stereocenters. The Morgan fingerprint density at radius 1 is 1.21 bits per heavy atom. The van der Waals surface area contributed by atoms with E-state index in [1.54, 1.807) is 13.0 Å². The molecule has 6 nitrogen and oxygen atoms in total. The average molecular weight is 448 g/mol. The molecule has 0 spiro atoms. The zero-order valence-corrected chi connectivity index (χ0v) is 19.5. The topological polar surface area (TPSA) is 59.8 Å². The van der Waals surface area contributed by atoms with E-state index in [1.807, 2.05) is 72.3 Å². The highest BCUT2D eigenvalue weighted by molar-refractivity contribution is 5.43. The summed E-state index contributed by atoms with van der Waals surface area (Å²) < 4.78 is 14.2. The van der Waals surface area contributed by atoms with Crippen LogP contribution in [0.1, 0.15) is 31.0 Å². The van der Waals surface area contributed by atoms with Crippen LogP contribution in [0.25, 0.3) is 5.69 Å². The van der Waals surface area contributed by atoms with Crippen molar-refractivity contribution < 1.29 is 14.6 Å². The maximum Gasteiger partial charge on any atom is 0.227 e. The average Bonchev–Trinajstić information content (AvgIpc) is 3.43. The maximum atomic E-state index is 10.7. The molecule has 6 heteroatoms. The van der Waals surface area contributed by atoms with Crippen LogP contribution >= 0.6 is 0 Å². The highest BCUT2D eigenvalue weighted by atomic mass is 16.5. The molecule has 0 bridgehead atoms. The Morgan fingerprint density at radius 2 is 1.91 bits per heavy atom. The van der Waals surface area contributed by atoms with Crippen molar-refractivity contribution in [3.05, 3.63) is 84.6 Å². The second kappa shape index (κ2) is 10.3. The lowest BCUT2D eigenvalue weighted by Crippen LogP contribution is -2.42. The van der Waals surface area contributed by atoms with Gasteiger partial charge in [-0.1, -0.05) is 42.5 Å². The van der Waals surface area contributed by atoms with Crippen LogP contribution in [-0.4, -0.2) is 51.2 Å². The van der Waals surface area contributed by atoms with Gasteiger partial charge in [-0.15, -0.1) is 6.58 Å². The SMILES string of the molecule is C=C[C@@](C)(O)CN(Cc1c(C)nn(-c2ccccc2)c1Oc1ccccc1)C[C@H]1CCCO1. The third-order valence-corrected chi connectivity index (χ3v) is 5.95. The van der Waals surface area contributed by atoms with Gasteiger partial charge in [-0.2, -0.15) is 5.10 Å². The molecule has 33 heavy (non-hydrogen) atoms. The molecule has 0 aliphatic carbocycles. The van der Waals surface area contributed by atoms with Gasteiger partial charge in [0.1, 0.15) is 5.75 Å². The van der Waals surface area contributed by atoms with Gasteiger partial charge in [-0.05, 0) is 51.0 Å². The number of aromatic nitrogens is 2. The normalized spacial score (nSPS) is 17.8. The Labute approximate surface area is 196 Å². The number of para-hydroxylation sites is 2. The number of benzene rings is 2. The summed E-state index contributed by atoms with van der Waals surface area (Å²) >= 11 is 0. The van der Waals surface area contributed by atoms with Gasteiger partial charge in [0.25, 0.3) is 0 Å². The molecular weight excluding hydrogens is 414 g/mol. The van der Waals surface area contributed by atoms with Gasteiger partial charge >= 0.3 is 0 Å². The summed E-state index contributed by atoms with van der Waals surface area (Å²) in [6.07, 6.45) is 3.86. The van der Waals surface area contributed by atoms with Crippen LogP contribution in [0.5, 0.6) is 11.6 Å². The fraction of sp³-hybridized carbons (Fsp3) is 0.370. The molecule has 1 N–H and O–H groups in total. The molecule has 1 aromatic heterocycles. The zero-order chi connectivity index (χ0) is 23.3. The van der Waals surface area contributed by atoms with Crippen molar-refractivity contribution in [3.63, 3.8) is 0 Å². The fourth-order valence-corrected chi connectivity index (χ4v) is 4.17. The van der Waals surface area contributed by atoms with E-state index in [0.717, 1.165) is 48.7 Å². The van der Waals surface area contributed by atoms with Crippen molar-refractivity contribution in [1.82, 2.24) is 14.7 Å². The molecule has 174 valence electrons. The quantitative estimate of drug-likeness (QED) is 0.449. The van der Waals surface area contributed by atoms with Crippen LogP contribution in [0.3, 0.4) is 0 Å². The van der Waals surface area contributed by atoms with E-state index in [1.165, 1.54) is 0 Å². The van der Waals surface area contributed by atoms with Gasteiger partial charge in [0, 0.05) is 26.2 Å². The second-order valence-corrected chi connectivity index (χ2v) is 8.90. The van der Waals surface area contributed by atoms with Crippen molar-refractivity contribution in [2.75, 3.05) is 19.7 Å². The summed E-state index contributed by atoms with van der Waals surface area (Å²) in [5, 5.41) is 15.6. The van der Waals surface area contributed by atoms with Gasteiger partial charge < -0.3 is 14.6 Å². The Kier molecular flexibility index (Phi) is 7.28. The number of rotatable bonds is 10. The van der Waals surface area contributed by atoms with Crippen LogP contribution in [0.4, 0.5) is 0 Å². The molecule has 3 aromatic rings. The maximum absolute atomic E-state index is 10.7. The molecule has 1 aliphatic heterocycles. The van der Waals surface area contributed by atoms with Gasteiger partial charge in [0.15, 0.2) is 0 Å². The minimum atomic E-state index is -1.01. The van der Waals surface area contributed by atoms with Crippen molar-refractivity contribution in [3.8, 4) is 17.3 Å². The number of aliphatic hydroxyl groups is 1. The standard InChI is InChI=1S/C27H33N3O3/c1-4-27(3,31)20-29(18-24-16-11-17-32-24)19-25-21(2)28-30(22-12-7-5-8-13-22)26(25)33-23-14-9-6-10-15-23/h4-10,12-15,24,31H,1,11,16-20H2,2-3H3/t24-,27-/m1/s1. The lowest BCUT2D eigenvalue weighted by molar-refractivity contribution is 0.0239. The number of aryl methyl sites for hydroxylation is 1. The Balaban J connectivity index is 1.70. The molecule has 4 rings (SSSR count). The lowest BCUT2D eigenvalue weighted by Gasteiger charge is -2.31. The summed E-state index contributed by atoms with van der Waals surface area (Å²) in [5.41, 5.74) is 1.80. The third-order valence-electron chi connectivity index (χ3n) is 5.95. The first-order valence-corrected chi connectivity index (χ1v) is 11.5. The zero-order valence-electron chi connectivity index (χ0n) is 19.5. The second-order valence-electron chi connectivity index (χ2n) is 8.90. The molecule has 2 heterocycles. The molecule has 1 saturated heterocycles. The van der Waals surface area contributed by atoms with Crippen molar-refractivity contribution in [2.24, 2.45) is 0 Å². The summed E-state index contributed by atoms with van der Waals surface area (Å²) in [6.45, 7) is 10.1. The summed E-state index contributed by atoms with van der Waals surface area (Å²) in [4.78, 5) is 2.22. The van der Waals surface area contributed by atoms with Crippen LogP contribution < -0.4 is 4.74 Å². The largest absolute Gasteiger partial charge is 0.439 e. The highest BCUT2D eigenvalue weighted by Gasteiger charge is 2.28.